The summed E-state index contributed by atoms with van der Waals surface area (Å²) in [5.74, 6) is 0.181. The lowest BCUT2D eigenvalue weighted by atomic mass is 10.1. The van der Waals surface area contributed by atoms with Crippen molar-refractivity contribution >= 4 is 5.65 Å². The molecule has 0 spiro atoms. The molecule has 0 saturated carbocycles. The van der Waals surface area contributed by atoms with Crippen LogP contribution in [0.3, 0.4) is 0 Å². The van der Waals surface area contributed by atoms with E-state index >= 15 is 0 Å². The largest absolute Gasteiger partial charge is 0.483 e. The van der Waals surface area contributed by atoms with E-state index in [-0.39, 0.29) is 11.3 Å². The summed E-state index contributed by atoms with van der Waals surface area (Å²) in [6.07, 6.45) is -0.611. The lowest BCUT2D eigenvalue weighted by Gasteiger charge is -2.19. The lowest BCUT2D eigenvalue weighted by Crippen LogP contribution is -2.35. The summed E-state index contributed by atoms with van der Waals surface area (Å²) in [4.78, 5) is 4.66. The Kier molecular flexibility index (Phi) is 5.15. The molecular formula is C20H22F3N3O. The highest BCUT2D eigenvalue weighted by atomic mass is 19.4. The van der Waals surface area contributed by atoms with E-state index in [1.54, 1.807) is 18.2 Å². The first-order chi connectivity index (χ1) is 12.6. The number of nitrogens with zero attached hydrogens (tertiary/aromatic N) is 2. The van der Waals surface area contributed by atoms with Gasteiger partial charge >= 0.3 is 6.18 Å². The first kappa shape index (κ1) is 19.2. The van der Waals surface area contributed by atoms with Crippen molar-refractivity contribution in [1.82, 2.24) is 14.7 Å². The van der Waals surface area contributed by atoms with Crippen LogP contribution in [0.5, 0.6) is 5.75 Å². The van der Waals surface area contributed by atoms with E-state index < -0.39 is 12.8 Å². The summed E-state index contributed by atoms with van der Waals surface area (Å²) >= 11 is 0. The molecule has 7 heteroatoms. The van der Waals surface area contributed by atoms with Crippen molar-refractivity contribution in [2.45, 2.75) is 39.0 Å². The number of hydrogen-bond donors (Lipinski definition) is 1. The van der Waals surface area contributed by atoms with E-state index in [0.717, 1.165) is 11.3 Å². The molecular weight excluding hydrogens is 355 g/mol. The highest BCUT2D eigenvalue weighted by Crippen LogP contribution is 2.33. The molecule has 0 aliphatic carbocycles. The van der Waals surface area contributed by atoms with Crippen LogP contribution >= 0.6 is 0 Å². The van der Waals surface area contributed by atoms with Crippen LogP contribution in [0.1, 0.15) is 26.5 Å². The summed E-state index contributed by atoms with van der Waals surface area (Å²) in [5.41, 5.74) is 2.78. The van der Waals surface area contributed by atoms with Crippen molar-refractivity contribution in [2.24, 2.45) is 0 Å². The maximum absolute atomic E-state index is 12.6. The van der Waals surface area contributed by atoms with Crippen LogP contribution < -0.4 is 10.1 Å². The minimum atomic E-state index is -4.39. The number of nitrogens with one attached hydrogen (secondary N) is 1. The SMILES string of the molecule is CC(C)(C)NCc1cn2cccc(-c3ccccc3OCC(F)(F)F)c2n1. The van der Waals surface area contributed by atoms with Gasteiger partial charge in [0.05, 0.1) is 5.69 Å². The Morgan fingerprint density at radius 3 is 2.44 bits per heavy atom. The first-order valence-electron chi connectivity index (χ1n) is 8.63. The van der Waals surface area contributed by atoms with Gasteiger partial charge in [-0.05, 0) is 39.0 Å². The Bertz CT molecular complexity index is 926. The second kappa shape index (κ2) is 7.23. The summed E-state index contributed by atoms with van der Waals surface area (Å²) in [6, 6.07) is 10.4. The first-order valence-corrected chi connectivity index (χ1v) is 8.63. The van der Waals surface area contributed by atoms with Crippen molar-refractivity contribution in [3.8, 4) is 16.9 Å². The topological polar surface area (TPSA) is 38.6 Å². The van der Waals surface area contributed by atoms with Crippen molar-refractivity contribution < 1.29 is 17.9 Å². The zero-order valence-electron chi connectivity index (χ0n) is 15.5. The van der Waals surface area contributed by atoms with Gasteiger partial charge in [0.25, 0.3) is 0 Å². The highest BCUT2D eigenvalue weighted by Gasteiger charge is 2.29. The minimum absolute atomic E-state index is 0.0450. The summed E-state index contributed by atoms with van der Waals surface area (Å²) in [5, 5.41) is 3.38. The molecule has 27 heavy (non-hydrogen) atoms. The van der Waals surface area contributed by atoms with Crippen molar-refractivity contribution in [3.63, 3.8) is 0 Å². The molecule has 0 amide bonds. The fourth-order valence-corrected chi connectivity index (χ4v) is 2.69. The molecule has 1 aromatic carbocycles. The van der Waals surface area contributed by atoms with Crippen LogP contribution in [-0.4, -0.2) is 27.7 Å². The van der Waals surface area contributed by atoms with Crippen LogP contribution in [0.15, 0.2) is 48.8 Å². The lowest BCUT2D eigenvalue weighted by molar-refractivity contribution is -0.153. The van der Waals surface area contributed by atoms with Gasteiger partial charge in [0.2, 0.25) is 0 Å². The Balaban J connectivity index is 1.96. The third kappa shape index (κ3) is 5.01. The summed E-state index contributed by atoms with van der Waals surface area (Å²) in [7, 11) is 0. The number of para-hydroxylation sites is 1. The molecule has 0 aliphatic heterocycles. The average molecular weight is 377 g/mol. The van der Waals surface area contributed by atoms with Gasteiger partial charge in [-0.25, -0.2) is 4.98 Å². The zero-order chi connectivity index (χ0) is 19.7. The van der Waals surface area contributed by atoms with Gasteiger partial charge in [-0.3, -0.25) is 0 Å². The molecule has 0 saturated heterocycles. The number of hydrogen-bond acceptors (Lipinski definition) is 3. The number of pyridine rings is 1. The third-order valence-corrected chi connectivity index (χ3v) is 3.90. The second-order valence-corrected chi connectivity index (χ2v) is 7.39. The molecule has 2 aromatic heterocycles. The monoisotopic (exact) mass is 377 g/mol. The Hall–Kier alpha value is -2.54. The number of rotatable bonds is 5. The maximum Gasteiger partial charge on any atom is 0.422 e. The predicted molar refractivity (Wildman–Crippen MR) is 98.8 cm³/mol. The van der Waals surface area contributed by atoms with Crippen LogP contribution in [0, 0.1) is 0 Å². The third-order valence-electron chi connectivity index (χ3n) is 3.90. The van der Waals surface area contributed by atoms with E-state index in [4.69, 9.17) is 4.74 Å². The normalized spacial score (nSPS) is 12.5. The molecule has 4 nitrogen and oxygen atoms in total. The maximum atomic E-state index is 12.6. The van der Waals surface area contributed by atoms with Crippen LogP contribution in [0.2, 0.25) is 0 Å². The van der Waals surface area contributed by atoms with E-state index in [2.05, 4.69) is 31.1 Å². The minimum Gasteiger partial charge on any atom is -0.483 e. The van der Waals surface area contributed by atoms with Gasteiger partial charge in [0, 0.05) is 35.6 Å². The molecule has 1 N–H and O–H groups in total. The Morgan fingerprint density at radius 1 is 1.04 bits per heavy atom. The number of halogens is 3. The van der Waals surface area contributed by atoms with E-state index in [1.165, 1.54) is 6.07 Å². The van der Waals surface area contributed by atoms with E-state index in [9.17, 15) is 13.2 Å². The van der Waals surface area contributed by atoms with Crippen LogP contribution in [0.4, 0.5) is 13.2 Å². The Labute approximate surface area is 156 Å². The molecule has 0 atom stereocenters. The number of fused-ring (bicyclic) bond motifs is 1. The zero-order valence-corrected chi connectivity index (χ0v) is 15.5. The van der Waals surface area contributed by atoms with Gasteiger partial charge in [0.15, 0.2) is 6.61 Å². The van der Waals surface area contributed by atoms with Gasteiger partial charge < -0.3 is 14.5 Å². The average Bonchev–Trinajstić information content (AvgIpc) is 3.00. The molecule has 0 unspecified atom stereocenters. The predicted octanol–water partition coefficient (Wildman–Crippen LogP) is 4.83. The standard InChI is InChI=1S/C20H22F3N3O/c1-19(2,3)24-11-14-12-26-10-6-8-16(18(26)25-14)15-7-4-5-9-17(15)27-13-20(21,22)23/h4-10,12,24H,11,13H2,1-3H3. The molecule has 144 valence electrons. The van der Waals surface area contributed by atoms with E-state index in [0.29, 0.717) is 17.8 Å². The second-order valence-electron chi connectivity index (χ2n) is 7.39. The molecule has 0 fully saturated rings. The quantitative estimate of drug-likeness (QED) is 0.692. The fourth-order valence-electron chi connectivity index (χ4n) is 2.69. The van der Waals surface area contributed by atoms with Gasteiger partial charge in [-0.1, -0.05) is 18.2 Å². The van der Waals surface area contributed by atoms with Crippen LogP contribution in [0.25, 0.3) is 16.8 Å². The number of imidazole rings is 1. The number of alkyl halides is 3. The van der Waals surface area contributed by atoms with E-state index in [1.807, 2.05) is 28.9 Å². The Morgan fingerprint density at radius 2 is 1.74 bits per heavy atom. The molecule has 2 heterocycles. The summed E-state index contributed by atoms with van der Waals surface area (Å²) in [6.45, 7) is 5.48. The summed E-state index contributed by atoms with van der Waals surface area (Å²) < 4.78 is 44.6. The van der Waals surface area contributed by atoms with Crippen molar-refractivity contribution in [1.29, 1.82) is 0 Å². The van der Waals surface area contributed by atoms with Crippen molar-refractivity contribution in [2.75, 3.05) is 6.61 Å². The fraction of sp³-hybridized carbons (Fsp3) is 0.350. The number of ether oxygens (including phenoxy) is 1. The smallest absolute Gasteiger partial charge is 0.422 e. The molecule has 3 aromatic rings. The van der Waals surface area contributed by atoms with Crippen LogP contribution in [-0.2, 0) is 6.54 Å². The van der Waals surface area contributed by atoms with Crippen molar-refractivity contribution in [3.05, 3.63) is 54.5 Å². The molecule has 3 rings (SSSR count). The van der Waals surface area contributed by atoms with Gasteiger partial charge in [0.1, 0.15) is 11.4 Å². The molecule has 0 radical (unpaired) electrons. The number of benzene rings is 1. The van der Waals surface area contributed by atoms with Gasteiger partial charge in [-0.2, -0.15) is 13.2 Å². The molecule has 0 bridgehead atoms. The molecule has 0 aliphatic rings. The number of aromatic nitrogens is 2. The van der Waals surface area contributed by atoms with Gasteiger partial charge in [-0.15, -0.1) is 0 Å². The highest BCUT2D eigenvalue weighted by molar-refractivity contribution is 5.81.